The number of nitrogens with zero attached hydrogens (tertiary/aromatic N) is 2. The molecular weight excluding hydrogens is 348 g/mol. The van der Waals surface area contributed by atoms with Gasteiger partial charge in [-0.2, -0.15) is 0 Å². The second kappa shape index (κ2) is 8.07. The van der Waals surface area contributed by atoms with E-state index < -0.39 is 4.92 Å². The standard InChI is InChI=1S/C20H22N2O5/c1-26-18-12-16(17(22(24)25)13-19(18)27-2)20(23)21-10-8-15(9-11-21)14-6-4-3-5-7-14/h3-7,12-13,15H,8-11H2,1-2H3. The lowest BCUT2D eigenvalue weighted by Crippen LogP contribution is -2.38. The van der Waals surface area contributed by atoms with E-state index in [1.54, 1.807) is 4.90 Å². The van der Waals surface area contributed by atoms with Crippen molar-refractivity contribution in [2.24, 2.45) is 0 Å². The third-order valence-electron chi connectivity index (χ3n) is 4.98. The molecule has 2 aromatic rings. The van der Waals surface area contributed by atoms with Gasteiger partial charge >= 0.3 is 0 Å². The van der Waals surface area contributed by atoms with Crippen molar-refractivity contribution in [1.82, 2.24) is 4.90 Å². The van der Waals surface area contributed by atoms with Crippen LogP contribution in [0.5, 0.6) is 11.5 Å². The maximum absolute atomic E-state index is 13.0. The van der Waals surface area contributed by atoms with E-state index in [-0.39, 0.29) is 22.9 Å². The molecule has 0 N–H and O–H groups in total. The number of rotatable bonds is 5. The van der Waals surface area contributed by atoms with Gasteiger partial charge in [-0.15, -0.1) is 0 Å². The van der Waals surface area contributed by atoms with Crippen molar-refractivity contribution in [3.8, 4) is 11.5 Å². The number of hydrogen-bond acceptors (Lipinski definition) is 5. The summed E-state index contributed by atoms with van der Waals surface area (Å²) in [7, 11) is 2.83. The molecule has 0 unspecified atom stereocenters. The molecule has 7 nitrogen and oxygen atoms in total. The Morgan fingerprint density at radius 1 is 1.07 bits per heavy atom. The molecule has 1 amide bonds. The number of hydrogen-bond donors (Lipinski definition) is 0. The van der Waals surface area contributed by atoms with Crippen LogP contribution >= 0.6 is 0 Å². The highest BCUT2D eigenvalue weighted by Crippen LogP contribution is 2.36. The summed E-state index contributed by atoms with van der Waals surface area (Å²) in [6.07, 6.45) is 1.66. The van der Waals surface area contributed by atoms with Crippen LogP contribution in [0.2, 0.25) is 0 Å². The number of nitro groups is 1. The maximum Gasteiger partial charge on any atom is 0.286 e. The number of carbonyl (C=O) groups excluding carboxylic acids is 1. The van der Waals surface area contributed by atoms with E-state index >= 15 is 0 Å². The minimum absolute atomic E-state index is 0.0239. The monoisotopic (exact) mass is 370 g/mol. The molecule has 0 spiro atoms. The van der Waals surface area contributed by atoms with Gasteiger partial charge in [0, 0.05) is 19.2 Å². The Morgan fingerprint density at radius 3 is 2.22 bits per heavy atom. The van der Waals surface area contributed by atoms with Crippen LogP contribution in [0.1, 0.15) is 34.7 Å². The fourth-order valence-corrected chi connectivity index (χ4v) is 3.50. The SMILES string of the molecule is COc1cc(C(=O)N2CCC(c3ccccc3)CC2)c([N+](=O)[O-])cc1OC. The molecule has 1 aliphatic rings. The van der Waals surface area contributed by atoms with Crippen LogP contribution in [0.4, 0.5) is 5.69 Å². The molecule has 0 aliphatic carbocycles. The van der Waals surface area contributed by atoms with E-state index in [0.717, 1.165) is 12.8 Å². The number of carbonyl (C=O) groups is 1. The molecule has 1 fully saturated rings. The Labute approximate surface area is 157 Å². The third kappa shape index (κ3) is 3.86. The lowest BCUT2D eigenvalue weighted by atomic mass is 9.89. The van der Waals surface area contributed by atoms with Crippen LogP contribution in [0.15, 0.2) is 42.5 Å². The second-order valence-corrected chi connectivity index (χ2v) is 6.46. The third-order valence-corrected chi connectivity index (χ3v) is 4.98. The lowest BCUT2D eigenvalue weighted by molar-refractivity contribution is -0.385. The maximum atomic E-state index is 13.0. The van der Waals surface area contributed by atoms with Crippen LogP contribution in [-0.4, -0.2) is 43.0 Å². The molecule has 3 rings (SSSR count). The fourth-order valence-electron chi connectivity index (χ4n) is 3.50. The average Bonchev–Trinajstić information content (AvgIpc) is 2.72. The zero-order valence-electron chi connectivity index (χ0n) is 15.4. The van der Waals surface area contributed by atoms with Crippen molar-refractivity contribution in [3.63, 3.8) is 0 Å². The molecule has 0 saturated carbocycles. The van der Waals surface area contributed by atoms with Gasteiger partial charge in [-0.25, -0.2) is 0 Å². The van der Waals surface area contributed by atoms with Crippen molar-refractivity contribution < 1.29 is 19.2 Å². The van der Waals surface area contributed by atoms with Gasteiger partial charge in [0.2, 0.25) is 0 Å². The first-order valence-electron chi connectivity index (χ1n) is 8.79. The van der Waals surface area contributed by atoms with Crippen molar-refractivity contribution in [2.75, 3.05) is 27.3 Å². The molecule has 1 heterocycles. The summed E-state index contributed by atoms with van der Waals surface area (Å²) in [5.74, 6) is 0.568. The summed E-state index contributed by atoms with van der Waals surface area (Å²) in [5.41, 5.74) is 1.01. The molecule has 7 heteroatoms. The fraction of sp³-hybridized carbons (Fsp3) is 0.350. The number of nitro benzene ring substituents is 1. The van der Waals surface area contributed by atoms with Gasteiger partial charge in [0.05, 0.1) is 25.2 Å². The van der Waals surface area contributed by atoms with E-state index in [9.17, 15) is 14.9 Å². The topological polar surface area (TPSA) is 81.9 Å². The molecule has 0 atom stereocenters. The molecule has 2 aromatic carbocycles. The zero-order valence-corrected chi connectivity index (χ0v) is 15.4. The van der Waals surface area contributed by atoms with Crippen LogP contribution in [0.25, 0.3) is 0 Å². The molecule has 1 aliphatic heterocycles. The van der Waals surface area contributed by atoms with E-state index in [1.807, 2.05) is 18.2 Å². The highest BCUT2D eigenvalue weighted by atomic mass is 16.6. The summed E-state index contributed by atoms with van der Waals surface area (Å²) in [4.78, 5) is 25.5. The van der Waals surface area contributed by atoms with Crippen molar-refractivity contribution in [3.05, 3.63) is 63.7 Å². The van der Waals surface area contributed by atoms with E-state index in [1.165, 1.54) is 31.9 Å². The predicted octanol–water partition coefficient (Wildman–Crippen LogP) is 3.63. The number of piperidine rings is 1. The van der Waals surface area contributed by atoms with Crippen LogP contribution in [-0.2, 0) is 0 Å². The van der Waals surface area contributed by atoms with Crippen molar-refractivity contribution in [2.45, 2.75) is 18.8 Å². The van der Waals surface area contributed by atoms with Gasteiger partial charge in [0.15, 0.2) is 11.5 Å². The van der Waals surface area contributed by atoms with Gasteiger partial charge in [-0.3, -0.25) is 14.9 Å². The van der Waals surface area contributed by atoms with Crippen LogP contribution in [0, 0.1) is 10.1 Å². The molecule has 142 valence electrons. The van der Waals surface area contributed by atoms with Gasteiger partial charge in [-0.1, -0.05) is 30.3 Å². The Hall–Kier alpha value is -3.09. The Balaban J connectivity index is 1.81. The molecule has 1 saturated heterocycles. The minimum atomic E-state index is -0.564. The molecule has 27 heavy (non-hydrogen) atoms. The normalized spacial score (nSPS) is 14.7. The first-order chi connectivity index (χ1) is 13.0. The summed E-state index contributed by atoms with van der Waals surface area (Å²) < 4.78 is 10.3. The smallest absolute Gasteiger partial charge is 0.286 e. The van der Waals surface area contributed by atoms with E-state index in [0.29, 0.717) is 24.8 Å². The van der Waals surface area contributed by atoms with Gasteiger partial charge in [-0.05, 0) is 24.3 Å². The quantitative estimate of drug-likeness (QED) is 0.593. The minimum Gasteiger partial charge on any atom is -0.493 e. The van der Waals surface area contributed by atoms with Crippen LogP contribution < -0.4 is 9.47 Å². The lowest BCUT2D eigenvalue weighted by Gasteiger charge is -2.32. The van der Waals surface area contributed by atoms with Crippen LogP contribution in [0.3, 0.4) is 0 Å². The second-order valence-electron chi connectivity index (χ2n) is 6.46. The highest BCUT2D eigenvalue weighted by Gasteiger charge is 2.30. The molecule has 0 aromatic heterocycles. The first kappa shape index (κ1) is 18.7. The Morgan fingerprint density at radius 2 is 1.67 bits per heavy atom. The summed E-state index contributed by atoms with van der Waals surface area (Å²) in [6, 6.07) is 12.8. The highest BCUT2D eigenvalue weighted by molar-refractivity contribution is 5.99. The molecule has 0 bridgehead atoms. The van der Waals surface area contributed by atoms with E-state index in [4.69, 9.17) is 9.47 Å². The number of benzene rings is 2. The van der Waals surface area contributed by atoms with E-state index in [2.05, 4.69) is 12.1 Å². The summed E-state index contributed by atoms with van der Waals surface area (Å²) >= 11 is 0. The first-order valence-corrected chi connectivity index (χ1v) is 8.79. The van der Waals surface area contributed by atoms with Crippen molar-refractivity contribution in [1.29, 1.82) is 0 Å². The van der Waals surface area contributed by atoms with Crippen molar-refractivity contribution >= 4 is 11.6 Å². The number of likely N-dealkylation sites (tertiary alicyclic amines) is 1. The largest absolute Gasteiger partial charge is 0.493 e. The Bertz CT molecular complexity index is 830. The van der Waals surface area contributed by atoms with Gasteiger partial charge < -0.3 is 14.4 Å². The molecule has 0 radical (unpaired) electrons. The zero-order chi connectivity index (χ0) is 19.4. The summed E-state index contributed by atoms with van der Waals surface area (Å²) in [5, 5.41) is 11.5. The predicted molar refractivity (Wildman–Crippen MR) is 101 cm³/mol. The van der Waals surface area contributed by atoms with Gasteiger partial charge in [0.1, 0.15) is 5.56 Å². The van der Waals surface area contributed by atoms with Gasteiger partial charge in [0.25, 0.3) is 11.6 Å². The molecular formula is C20H22N2O5. The average molecular weight is 370 g/mol. The number of ether oxygens (including phenoxy) is 2. The summed E-state index contributed by atoms with van der Waals surface area (Å²) in [6.45, 7) is 1.12. The number of amides is 1. The number of methoxy groups -OCH3 is 2. The Kier molecular flexibility index (Phi) is 5.59.